The van der Waals surface area contributed by atoms with Crippen LogP contribution in [-0.4, -0.2) is 0 Å². The molecule has 1 heteroatoms. The zero-order valence-electron chi connectivity index (χ0n) is 4.95. The molecule has 0 aliphatic rings. The van der Waals surface area contributed by atoms with Crippen LogP contribution in [0.2, 0.25) is 0 Å². The quantitative estimate of drug-likeness (QED) is 0.544. The van der Waals surface area contributed by atoms with Gasteiger partial charge in [-0.25, -0.2) is 0 Å². The molecule has 1 rings (SSSR count). The summed E-state index contributed by atoms with van der Waals surface area (Å²) in [5, 5.41) is 0. The Morgan fingerprint density at radius 1 is 1.56 bits per heavy atom. The highest BCUT2D eigenvalue weighted by Gasteiger charge is 1.82. The molecule has 0 aromatic carbocycles. The van der Waals surface area contributed by atoms with E-state index in [1.54, 1.807) is 18.6 Å². The van der Waals surface area contributed by atoms with Gasteiger partial charge in [0.05, 0.1) is 12.5 Å². The van der Waals surface area contributed by atoms with Gasteiger partial charge >= 0.3 is 0 Å². The standard InChI is InChI=1S/C8H7O/c1-2-3-4-8-5-6-9-7-8/h1-7H. The van der Waals surface area contributed by atoms with Crippen molar-refractivity contribution in [2.24, 2.45) is 0 Å². The molecule has 0 bridgehead atoms. The zero-order chi connectivity index (χ0) is 6.53. The maximum Gasteiger partial charge on any atom is 0.0974 e. The first-order valence-electron chi connectivity index (χ1n) is 2.67. The van der Waals surface area contributed by atoms with Crippen LogP contribution in [0, 0.1) is 6.58 Å². The molecule has 0 saturated carbocycles. The molecular weight excluding hydrogens is 112 g/mol. The van der Waals surface area contributed by atoms with E-state index in [2.05, 4.69) is 0 Å². The van der Waals surface area contributed by atoms with E-state index >= 15 is 0 Å². The molecule has 1 aromatic rings. The van der Waals surface area contributed by atoms with Gasteiger partial charge in [0, 0.05) is 5.56 Å². The van der Waals surface area contributed by atoms with Gasteiger partial charge in [-0.05, 0) is 6.07 Å². The molecule has 1 aromatic heterocycles. The second-order valence-corrected chi connectivity index (χ2v) is 1.61. The molecule has 0 unspecified atom stereocenters. The summed E-state index contributed by atoms with van der Waals surface area (Å²) >= 11 is 0. The van der Waals surface area contributed by atoms with Gasteiger partial charge in [0.1, 0.15) is 0 Å². The molecule has 1 nitrogen and oxygen atoms in total. The van der Waals surface area contributed by atoms with Gasteiger partial charge in [-0.15, -0.1) is 0 Å². The van der Waals surface area contributed by atoms with Gasteiger partial charge in [-0.2, -0.15) is 0 Å². The Morgan fingerprint density at radius 3 is 3.00 bits per heavy atom. The summed E-state index contributed by atoms with van der Waals surface area (Å²) < 4.78 is 4.81. The number of furan rings is 1. The normalized spacial score (nSPS) is 10.2. The Balaban J connectivity index is 2.67. The first kappa shape index (κ1) is 5.89. The summed E-state index contributed by atoms with van der Waals surface area (Å²) in [7, 11) is 0. The van der Waals surface area contributed by atoms with Crippen LogP contribution in [0.1, 0.15) is 5.56 Å². The third-order valence-corrected chi connectivity index (χ3v) is 0.943. The van der Waals surface area contributed by atoms with Gasteiger partial charge in [0.2, 0.25) is 0 Å². The second-order valence-electron chi connectivity index (χ2n) is 1.61. The summed E-state index contributed by atoms with van der Waals surface area (Å²) in [6, 6.07) is 1.86. The van der Waals surface area contributed by atoms with Crippen molar-refractivity contribution in [1.29, 1.82) is 0 Å². The van der Waals surface area contributed by atoms with Crippen molar-refractivity contribution in [1.82, 2.24) is 0 Å². The number of hydrogen-bond acceptors (Lipinski definition) is 1. The molecule has 9 heavy (non-hydrogen) atoms. The van der Waals surface area contributed by atoms with E-state index in [0.29, 0.717) is 0 Å². The predicted molar refractivity (Wildman–Crippen MR) is 36.6 cm³/mol. The van der Waals surface area contributed by atoms with E-state index in [0.717, 1.165) is 5.56 Å². The molecule has 0 aliphatic heterocycles. The minimum absolute atomic E-state index is 1.02. The van der Waals surface area contributed by atoms with E-state index < -0.39 is 0 Å². The average molecular weight is 119 g/mol. The van der Waals surface area contributed by atoms with Crippen LogP contribution >= 0.6 is 0 Å². The molecule has 0 saturated heterocycles. The molecule has 0 fully saturated rings. The van der Waals surface area contributed by atoms with Crippen LogP contribution in [0.5, 0.6) is 0 Å². The third kappa shape index (κ3) is 1.61. The van der Waals surface area contributed by atoms with E-state index in [-0.39, 0.29) is 0 Å². The van der Waals surface area contributed by atoms with Crippen LogP contribution in [-0.2, 0) is 0 Å². The lowest BCUT2D eigenvalue weighted by Gasteiger charge is -1.74. The fourth-order valence-corrected chi connectivity index (χ4v) is 0.536. The number of allylic oxidation sites excluding steroid dienone is 2. The van der Waals surface area contributed by atoms with Crippen molar-refractivity contribution < 1.29 is 4.42 Å². The topological polar surface area (TPSA) is 13.1 Å². The smallest absolute Gasteiger partial charge is 0.0974 e. The van der Waals surface area contributed by atoms with Crippen LogP contribution in [0.3, 0.4) is 0 Å². The molecule has 45 valence electrons. The predicted octanol–water partition coefficient (Wildman–Crippen LogP) is 2.28. The van der Waals surface area contributed by atoms with Crippen molar-refractivity contribution in [2.75, 3.05) is 0 Å². The summed E-state index contributed by atoms with van der Waals surface area (Å²) in [4.78, 5) is 0. The average Bonchev–Trinajstić information content (AvgIpc) is 2.34. The Hall–Kier alpha value is -1.24. The van der Waals surface area contributed by atoms with E-state index in [1.807, 2.05) is 12.1 Å². The molecule has 0 amide bonds. The van der Waals surface area contributed by atoms with E-state index in [1.165, 1.54) is 6.08 Å². The van der Waals surface area contributed by atoms with Crippen LogP contribution in [0.25, 0.3) is 6.08 Å². The monoisotopic (exact) mass is 119 g/mol. The minimum Gasteiger partial charge on any atom is -0.472 e. The van der Waals surface area contributed by atoms with Gasteiger partial charge in [0.15, 0.2) is 0 Å². The van der Waals surface area contributed by atoms with Gasteiger partial charge < -0.3 is 4.42 Å². The maximum atomic E-state index is 5.10. The molecule has 1 radical (unpaired) electrons. The molecule has 0 atom stereocenters. The highest BCUT2D eigenvalue weighted by molar-refractivity contribution is 5.48. The van der Waals surface area contributed by atoms with Crippen LogP contribution in [0.4, 0.5) is 0 Å². The third-order valence-electron chi connectivity index (χ3n) is 0.943. The fourth-order valence-electron chi connectivity index (χ4n) is 0.536. The minimum atomic E-state index is 1.02. The Kier molecular flexibility index (Phi) is 1.91. The van der Waals surface area contributed by atoms with Gasteiger partial charge in [-0.1, -0.05) is 24.8 Å². The van der Waals surface area contributed by atoms with Crippen molar-refractivity contribution in [3.05, 3.63) is 42.9 Å². The summed E-state index contributed by atoms with van der Waals surface area (Å²) in [6.45, 7) is 5.10. The van der Waals surface area contributed by atoms with Crippen molar-refractivity contribution >= 4 is 6.08 Å². The zero-order valence-corrected chi connectivity index (χ0v) is 4.95. The van der Waals surface area contributed by atoms with E-state index in [9.17, 15) is 0 Å². The number of rotatable bonds is 2. The largest absolute Gasteiger partial charge is 0.472 e. The second kappa shape index (κ2) is 2.92. The summed E-state index contributed by atoms with van der Waals surface area (Å²) in [5.41, 5.74) is 1.02. The van der Waals surface area contributed by atoms with Crippen LogP contribution in [0.15, 0.2) is 35.2 Å². The van der Waals surface area contributed by atoms with Crippen molar-refractivity contribution in [2.45, 2.75) is 0 Å². The molecule has 0 aliphatic carbocycles. The Morgan fingerprint density at radius 2 is 2.44 bits per heavy atom. The molecule has 0 N–H and O–H groups in total. The lowest BCUT2D eigenvalue weighted by Crippen LogP contribution is -1.55. The van der Waals surface area contributed by atoms with Crippen molar-refractivity contribution in [3.8, 4) is 0 Å². The van der Waals surface area contributed by atoms with Crippen LogP contribution < -0.4 is 0 Å². The summed E-state index contributed by atoms with van der Waals surface area (Å²) in [5.74, 6) is 0. The fraction of sp³-hybridized carbons (Fsp3) is 0. The Bertz CT molecular complexity index is 194. The van der Waals surface area contributed by atoms with E-state index in [4.69, 9.17) is 11.0 Å². The molecular formula is C8H7O. The SMILES string of the molecule is [CH]=CC=Cc1ccoc1. The highest BCUT2D eigenvalue weighted by atomic mass is 16.3. The maximum absolute atomic E-state index is 5.10. The van der Waals surface area contributed by atoms with Crippen molar-refractivity contribution in [3.63, 3.8) is 0 Å². The molecule has 1 heterocycles. The lowest BCUT2D eigenvalue weighted by atomic mass is 10.3. The van der Waals surface area contributed by atoms with Gasteiger partial charge in [-0.3, -0.25) is 0 Å². The lowest BCUT2D eigenvalue weighted by molar-refractivity contribution is 0.567. The molecule has 0 spiro atoms. The Labute approximate surface area is 54.3 Å². The first-order chi connectivity index (χ1) is 4.43. The van der Waals surface area contributed by atoms with Gasteiger partial charge in [0.25, 0.3) is 0 Å². The summed E-state index contributed by atoms with van der Waals surface area (Å²) in [6.07, 6.45) is 8.37. The number of hydrogen-bond donors (Lipinski definition) is 0. The highest BCUT2D eigenvalue weighted by Crippen LogP contribution is 2.01. The first-order valence-corrected chi connectivity index (χ1v) is 2.67.